The Hall–Kier alpha value is 1.14. The van der Waals surface area contributed by atoms with Crippen molar-refractivity contribution in [3.8, 4) is 0 Å². The summed E-state index contributed by atoms with van der Waals surface area (Å²) in [6, 6.07) is 0. The van der Waals surface area contributed by atoms with E-state index in [0.29, 0.717) is 0 Å². The minimum Gasteiger partial charge on any atom is -0.0870 e. The molecule has 0 aromatic rings. The Kier molecular flexibility index (Phi) is 5.13. The van der Waals surface area contributed by atoms with Crippen molar-refractivity contribution in [3.05, 3.63) is 0 Å². The van der Waals surface area contributed by atoms with Gasteiger partial charge in [-0.25, -0.2) is 0 Å². The topological polar surface area (TPSA) is 0 Å². The van der Waals surface area contributed by atoms with E-state index in [2.05, 4.69) is 36.0 Å². The summed E-state index contributed by atoms with van der Waals surface area (Å²) in [5, 5.41) is 0.839. The van der Waals surface area contributed by atoms with Crippen LogP contribution in [0.3, 0.4) is 0 Å². The van der Waals surface area contributed by atoms with Crippen LogP contribution < -0.4 is 0 Å². The summed E-state index contributed by atoms with van der Waals surface area (Å²) < 4.78 is 0. The van der Waals surface area contributed by atoms with Crippen molar-refractivity contribution in [2.45, 2.75) is 18.5 Å². The van der Waals surface area contributed by atoms with Crippen LogP contribution in [0.1, 0.15) is 6.92 Å². The molecular weight excluding hydrogens is 206 g/mol. The van der Waals surface area contributed by atoms with E-state index in [1.165, 1.54) is 6.32 Å². The second-order valence-corrected chi connectivity index (χ2v) is 3.82. The SMILES string of the molecule is BC[C@@H](C)SI. The molecule has 0 amide bonds. The molecule has 0 saturated heterocycles. The normalized spacial score (nSPS) is 14.3. The highest BCUT2D eigenvalue weighted by molar-refractivity contribution is 14.2. The van der Waals surface area contributed by atoms with Crippen LogP contribution in [0, 0.1) is 0 Å². The van der Waals surface area contributed by atoms with Gasteiger partial charge in [-0.2, -0.15) is 0 Å². The van der Waals surface area contributed by atoms with Gasteiger partial charge in [0.15, 0.2) is 0 Å². The van der Waals surface area contributed by atoms with E-state index in [9.17, 15) is 0 Å². The molecule has 6 heavy (non-hydrogen) atoms. The lowest BCUT2D eigenvalue weighted by Crippen LogP contribution is -1.87. The first-order valence-electron chi connectivity index (χ1n) is 2.08. The minimum atomic E-state index is 0.839. The van der Waals surface area contributed by atoms with Crippen molar-refractivity contribution < 1.29 is 0 Å². The van der Waals surface area contributed by atoms with Gasteiger partial charge in [0.1, 0.15) is 7.85 Å². The average molecular weight is 214 g/mol. The number of hydrogen-bond donors (Lipinski definition) is 0. The highest BCUT2D eigenvalue weighted by Gasteiger charge is 1.91. The highest BCUT2D eigenvalue weighted by atomic mass is 127. The summed E-state index contributed by atoms with van der Waals surface area (Å²) in [6.07, 6.45) is 1.29. The molecule has 3 heteroatoms. The lowest BCUT2D eigenvalue weighted by atomic mass is 10.0. The first-order chi connectivity index (χ1) is 2.81. The number of hydrogen-bond acceptors (Lipinski definition) is 1. The fraction of sp³-hybridized carbons (Fsp3) is 1.00. The summed E-state index contributed by atoms with van der Waals surface area (Å²) >= 11 is 2.33. The fourth-order valence-electron chi connectivity index (χ4n) is 0.0630. The molecular formula is C3H8BIS. The Morgan fingerprint density at radius 3 is 2.50 bits per heavy atom. The Morgan fingerprint density at radius 2 is 2.50 bits per heavy atom. The van der Waals surface area contributed by atoms with E-state index in [4.69, 9.17) is 0 Å². The maximum absolute atomic E-state index is 2.33. The van der Waals surface area contributed by atoms with Crippen molar-refractivity contribution in [2.75, 3.05) is 0 Å². The summed E-state index contributed by atoms with van der Waals surface area (Å²) in [5.41, 5.74) is 0. The third kappa shape index (κ3) is 3.34. The molecule has 0 N–H and O–H groups in total. The average Bonchev–Trinajstić information content (AvgIpc) is 1.65. The predicted molar refractivity (Wildman–Crippen MR) is 44.4 cm³/mol. The monoisotopic (exact) mass is 214 g/mol. The van der Waals surface area contributed by atoms with Crippen molar-refractivity contribution in [3.63, 3.8) is 0 Å². The van der Waals surface area contributed by atoms with Gasteiger partial charge in [0.25, 0.3) is 0 Å². The zero-order valence-electron chi connectivity index (χ0n) is 4.07. The van der Waals surface area contributed by atoms with Crippen LogP contribution >= 0.6 is 30.1 Å². The van der Waals surface area contributed by atoms with Crippen LogP contribution in [0.15, 0.2) is 0 Å². The first-order valence-corrected chi connectivity index (χ1v) is 5.51. The van der Waals surface area contributed by atoms with Crippen molar-refractivity contribution in [2.24, 2.45) is 0 Å². The first kappa shape index (κ1) is 7.14. The molecule has 0 aliphatic carbocycles. The standard InChI is InChI=1S/C3H8BIS/c1-3(2-4)6-5/h3H,2,4H2,1H3/t3-/m1/s1. The van der Waals surface area contributed by atoms with Gasteiger partial charge >= 0.3 is 0 Å². The predicted octanol–water partition coefficient (Wildman–Crippen LogP) is 1.51. The van der Waals surface area contributed by atoms with Crippen molar-refractivity contribution in [1.29, 1.82) is 0 Å². The number of rotatable bonds is 2. The second-order valence-electron chi connectivity index (χ2n) is 1.31. The van der Waals surface area contributed by atoms with E-state index in [0.717, 1.165) is 5.25 Å². The van der Waals surface area contributed by atoms with Gasteiger partial charge in [0.05, 0.1) is 0 Å². The molecule has 0 rings (SSSR count). The van der Waals surface area contributed by atoms with Crippen LogP contribution in [-0.4, -0.2) is 13.1 Å². The molecule has 0 aliphatic heterocycles. The smallest absolute Gasteiger partial charge is 0.0870 e. The second kappa shape index (κ2) is 4.31. The van der Waals surface area contributed by atoms with Gasteiger partial charge in [-0.15, -0.1) is 0 Å². The van der Waals surface area contributed by atoms with Crippen LogP contribution in [-0.2, 0) is 0 Å². The molecule has 0 aliphatic rings. The molecule has 0 unspecified atom stereocenters. The Labute approximate surface area is 56.5 Å². The third-order valence-corrected chi connectivity index (χ3v) is 3.97. The molecule has 0 aromatic carbocycles. The Morgan fingerprint density at radius 1 is 2.00 bits per heavy atom. The molecule has 36 valence electrons. The maximum Gasteiger partial charge on any atom is 0.102 e. The van der Waals surface area contributed by atoms with E-state index >= 15 is 0 Å². The maximum atomic E-state index is 2.33. The molecule has 0 nitrogen and oxygen atoms in total. The quantitative estimate of drug-likeness (QED) is 0.495. The van der Waals surface area contributed by atoms with E-state index < -0.39 is 0 Å². The van der Waals surface area contributed by atoms with Gasteiger partial charge in [0, 0.05) is 5.25 Å². The Balaban J connectivity index is 2.75. The van der Waals surface area contributed by atoms with Gasteiger partial charge < -0.3 is 0 Å². The Bertz CT molecular complexity index is 30.0. The molecule has 0 fully saturated rings. The van der Waals surface area contributed by atoms with Crippen LogP contribution in [0.25, 0.3) is 0 Å². The number of halogens is 1. The van der Waals surface area contributed by atoms with E-state index in [1.54, 1.807) is 0 Å². The van der Waals surface area contributed by atoms with E-state index in [-0.39, 0.29) is 0 Å². The third-order valence-electron chi connectivity index (χ3n) is 0.727. The van der Waals surface area contributed by atoms with Crippen LogP contribution in [0.4, 0.5) is 0 Å². The zero-order chi connectivity index (χ0) is 4.99. The van der Waals surface area contributed by atoms with Crippen LogP contribution in [0.5, 0.6) is 0 Å². The molecule has 0 saturated carbocycles. The molecule has 1 atom stereocenters. The molecule has 0 heterocycles. The van der Waals surface area contributed by atoms with Crippen LogP contribution in [0.2, 0.25) is 6.32 Å². The van der Waals surface area contributed by atoms with Gasteiger partial charge in [-0.1, -0.05) is 22.2 Å². The van der Waals surface area contributed by atoms with Gasteiger partial charge in [-0.3, -0.25) is 0 Å². The summed E-state index contributed by atoms with van der Waals surface area (Å²) in [7, 11) is 4.10. The summed E-state index contributed by atoms with van der Waals surface area (Å²) in [4.78, 5) is 0. The molecule has 0 bridgehead atoms. The minimum absolute atomic E-state index is 0.839. The van der Waals surface area contributed by atoms with Gasteiger partial charge in [-0.05, 0) is 21.2 Å². The summed E-state index contributed by atoms with van der Waals surface area (Å²) in [5.74, 6) is 0. The molecule has 0 aromatic heterocycles. The highest BCUT2D eigenvalue weighted by Crippen LogP contribution is 2.20. The largest absolute Gasteiger partial charge is 0.102 e. The summed E-state index contributed by atoms with van der Waals surface area (Å²) in [6.45, 7) is 2.23. The molecule has 0 spiro atoms. The fourth-order valence-corrected chi connectivity index (χ4v) is 1.27. The lowest BCUT2D eigenvalue weighted by Gasteiger charge is -1.96. The zero-order valence-corrected chi connectivity index (χ0v) is 7.04. The van der Waals surface area contributed by atoms with Crippen molar-refractivity contribution in [1.82, 2.24) is 0 Å². The molecule has 0 radical (unpaired) electrons. The van der Waals surface area contributed by atoms with Gasteiger partial charge in [0.2, 0.25) is 0 Å². The van der Waals surface area contributed by atoms with Crippen molar-refractivity contribution >= 4 is 38.0 Å². The van der Waals surface area contributed by atoms with E-state index in [1.807, 2.05) is 8.93 Å². The lowest BCUT2D eigenvalue weighted by molar-refractivity contribution is 1.12.